The van der Waals surface area contributed by atoms with Crippen LogP contribution in [-0.4, -0.2) is 36.9 Å². The van der Waals surface area contributed by atoms with E-state index in [9.17, 15) is 0 Å². The molecular weight excluding hydrogens is 312 g/mol. The van der Waals surface area contributed by atoms with Crippen molar-refractivity contribution < 1.29 is 4.74 Å². The minimum absolute atomic E-state index is 0.0471. The number of rotatable bonds is 6. The third kappa shape index (κ3) is 4.28. The van der Waals surface area contributed by atoms with Crippen molar-refractivity contribution in [3.8, 4) is 5.75 Å². The molecule has 0 spiro atoms. The lowest BCUT2D eigenvalue weighted by atomic mass is 9.92. The van der Waals surface area contributed by atoms with Gasteiger partial charge in [0.25, 0.3) is 0 Å². The first-order valence-corrected chi connectivity index (χ1v) is 8.89. The second-order valence-electron chi connectivity index (χ2n) is 7.74. The molecule has 5 nitrogen and oxygen atoms in total. The van der Waals surface area contributed by atoms with Crippen LogP contribution in [-0.2, 0) is 12.0 Å². The van der Waals surface area contributed by atoms with Gasteiger partial charge in [-0.25, -0.2) is 0 Å². The summed E-state index contributed by atoms with van der Waals surface area (Å²) in [6.45, 7) is 10.4. The molecule has 1 aliphatic heterocycles. The summed E-state index contributed by atoms with van der Waals surface area (Å²) in [5.41, 5.74) is 2.28. The topological polar surface area (TPSA) is 50.3 Å². The Kier molecular flexibility index (Phi) is 5.23. The van der Waals surface area contributed by atoms with Crippen molar-refractivity contribution in [2.75, 3.05) is 31.6 Å². The molecule has 0 saturated carbocycles. The quantitative estimate of drug-likeness (QED) is 0.876. The molecule has 134 valence electrons. The number of methoxy groups -OCH3 is 1. The van der Waals surface area contributed by atoms with Crippen LogP contribution in [0.4, 0.5) is 5.82 Å². The summed E-state index contributed by atoms with van der Waals surface area (Å²) in [7, 11) is 1.72. The van der Waals surface area contributed by atoms with E-state index in [0.717, 1.165) is 43.4 Å². The van der Waals surface area contributed by atoms with Gasteiger partial charge in [0.2, 0.25) is 0 Å². The number of para-hydroxylation sites is 1. The van der Waals surface area contributed by atoms with Gasteiger partial charge in [0.15, 0.2) is 5.82 Å². The molecule has 0 bridgehead atoms. The number of anilines is 1. The molecule has 1 fully saturated rings. The molecule has 0 atom stereocenters. The Hall–Kier alpha value is -2.14. The number of hydrogen-bond donors (Lipinski definition) is 1. The molecule has 3 rings (SSSR count). The van der Waals surface area contributed by atoms with Gasteiger partial charge in [-0.1, -0.05) is 39.0 Å². The average molecular weight is 340 g/mol. The van der Waals surface area contributed by atoms with Gasteiger partial charge in [0.05, 0.1) is 12.8 Å². The summed E-state index contributed by atoms with van der Waals surface area (Å²) in [4.78, 5) is 2.29. The Balaban J connectivity index is 1.44. The Labute approximate surface area is 150 Å². The van der Waals surface area contributed by atoms with Gasteiger partial charge < -0.3 is 15.0 Å². The molecular formula is C20H28N4O. The van der Waals surface area contributed by atoms with Gasteiger partial charge >= 0.3 is 0 Å². The number of ether oxygens (including phenoxy) is 1. The molecule has 2 heterocycles. The van der Waals surface area contributed by atoms with Crippen molar-refractivity contribution in [3.63, 3.8) is 0 Å². The van der Waals surface area contributed by atoms with Crippen molar-refractivity contribution in [2.45, 2.75) is 32.7 Å². The summed E-state index contributed by atoms with van der Waals surface area (Å²) in [5, 5.41) is 12.3. The van der Waals surface area contributed by atoms with E-state index in [1.807, 2.05) is 18.2 Å². The van der Waals surface area contributed by atoms with Crippen LogP contribution in [0.2, 0.25) is 0 Å². The van der Waals surface area contributed by atoms with Gasteiger partial charge in [0.1, 0.15) is 5.75 Å². The van der Waals surface area contributed by atoms with Crippen LogP contribution < -0.4 is 15.0 Å². The fraction of sp³-hybridized carbons (Fsp3) is 0.500. The SMILES string of the molecule is COc1ccccc1CNCC1CN(c2ccc(C(C)(C)C)nn2)C1. The number of nitrogens with one attached hydrogen (secondary N) is 1. The Morgan fingerprint density at radius 3 is 2.52 bits per heavy atom. The van der Waals surface area contributed by atoms with Crippen LogP contribution in [0.15, 0.2) is 36.4 Å². The van der Waals surface area contributed by atoms with Gasteiger partial charge in [-0.15, -0.1) is 5.10 Å². The molecule has 0 amide bonds. The third-order valence-electron chi connectivity index (χ3n) is 4.64. The lowest BCUT2D eigenvalue weighted by molar-refractivity contribution is 0.375. The molecule has 2 aromatic rings. The van der Waals surface area contributed by atoms with Gasteiger partial charge in [-0.2, -0.15) is 5.10 Å². The van der Waals surface area contributed by atoms with Gasteiger partial charge in [-0.3, -0.25) is 0 Å². The van der Waals surface area contributed by atoms with E-state index >= 15 is 0 Å². The van der Waals surface area contributed by atoms with Crippen LogP contribution in [0.1, 0.15) is 32.0 Å². The molecule has 25 heavy (non-hydrogen) atoms. The highest BCUT2D eigenvalue weighted by atomic mass is 16.5. The van der Waals surface area contributed by atoms with Crippen molar-refractivity contribution in [1.82, 2.24) is 15.5 Å². The van der Waals surface area contributed by atoms with E-state index in [2.05, 4.69) is 59.4 Å². The predicted octanol–water partition coefficient (Wildman–Crippen LogP) is 3.01. The van der Waals surface area contributed by atoms with Gasteiger partial charge in [-0.05, 0) is 18.2 Å². The highest BCUT2D eigenvalue weighted by Crippen LogP contribution is 2.25. The standard InChI is InChI=1S/C20H28N4O/c1-20(2,3)18-9-10-19(23-22-18)24-13-15(14-24)11-21-12-16-7-5-6-8-17(16)25-4/h5-10,15,21H,11-14H2,1-4H3. The third-order valence-corrected chi connectivity index (χ3v) is 4.64. The van der Waals surface area contributed by atoms with Crippen LogP contribution >= 0.6 is 0 Å². The van der Waals surface area contributed by atoms with Gasteiger partial charge in [0, 0.05) is 43.1 Å². The average Bonchev–Trinajstić information content (AvgIpc) is 2.56. The van der Waals surface area contributed by atoms with E-state index in [1.165, 1.54) is 5.56 Å². The Morgan fingerprint density at radius 1 is 1.12 bits per heavy atom. The zero-order chi connectivity index (χ0) is 17.9. The first-order valence-electron chi connectivity index (χ1n) is 8.89. The van der Waals surface area contributed by atoms with E-state index < -0.39 is 0 Å². The largest absolute Gasteiger partial charge is 0.496 e. The monoisotopic (exact) mass is 340 g/mol. The summed E-state index contributed by atoms with van der Waals surface area (Å²) >= 11 is 0. The number of hydrogen-bond acceptors (Lipinski definition) is 5. The number of benzene rings is 1. The maximum atomic E-state index is 5.39. The second kappa shape index (κ2) is 7.40. The van der Waals surface area contributed by atoms with Crippen LogP contribution in [0.3, 0.4) is 0 Å². The molecule has 1 aromatic heterocycles. The lowest BCUT2D eigenvalue weighted by Gasteiger charge is -2.40. The first-order chi connectivity index (χ1) is 12.0. The van der Waals surface area contributed by atoms with Crippen molar-refractivity contribution in [1.29, 1.82) is 0 Å². The van der Waals surface area contributed by atoms with E-state index in [0.29, 0.717) is 5.92 Å². The Morgan fingerprint density at radius 2 is 1.88 bits per heavy atom. The highest BCUT2D eigenvalue weighted by Gasteiger charge is 2.28. The zero-order valence-corrected chi connectivity index (χ0v) is 15.6. The maximum Gasteiger partial charge on any atom is 0.151 e. The molecule has 0 aliphatic carbocycles. The molecule has 1 aromatic carbocycles. The fourth-order valence-electron chi connectivity index (χ4n) is 3.04. The molecule has 1 saturated heterocycles. The smallest absolute Gasteiger partial charge is 0.151 e. The minimum Gasteiger partial charge on any atom is -0.496 e. The minimum atomic E-state index is 0.0471. The summed E-state index contributed by atoms with van der Waals surface area (Å²) in [6, 6.07) is 12.3. The maximum absolute atomic E-state index is 5.39. The van der Waals surface area contributed by atoms with Crippen molar-refractivity contribution in [2.24, 2.45) is 5.92 Å². The zero-order valence-electron chi connectivity index (χ0n) is 15.6. The van der Waals surface area contributed by atoms with E-state index in [1.54, 1.807) is 7.11 Å². The van der Waals surface area contributed by atoms with Crippen LogP contribution in [0.5, 0.6) is 5.75 Å². The normalized spacial score (nSPS) is 15.1. The fourth-order valence-corrected chi connectivity index (χ4v) is 3.04. The second-order valence-corrected chi connectivity index (χ2v) is 7.74. The molecule has 0 unspecified atom stereocenters. The summed E-state index contributed by atoms with van der Waals surface area (Å²) in [6.07, 6.45) is 0. The molecule has 1 N–H and O–H groups in total. The molecule has 0 radical (unpaired) electrons. The molecule has 5 heteroatoms. The lowest BCUT2D eigenvalue weighted by Crippen LogP contribution is -2.51. The predicted molar refractivity (Wildman–Crippen MR) is 101 cm³/mol. The Bertz CT molecular complexity index is 688. The number of nitrogens with zero attached hydrogens (tertiary/aromatic N) is 3. The summed E-state index contributed by atoms with van der Waals surface area (Å²) < 4.78 is 5.39. The number of aromatic nitrogens is 2. The van der Waals surface area contributed by atoms with E-state index in [-0.39, 0.29) is 5.41 Å². The highest BCUT2D eigenvalue weighted by molar-refractivity contribution is 5.41. The first kappa shape index (κ1) is 17.7. The van der Waals surface area contributed by atoms with E-state index in [4.69, 9.17) is 4.74 Å². The van der Waals surface area contributed by atoms with Crippen molar-refractivity contribution >= 4 is 5.82 Å². The van der Waals surface area contributed by atoms with Crippen LogP contribution in [0, 0.1) is 5.92 Å². The molecule has 1 aliphatic rings. The van der Waals surface area contributed by atoms with Crippen molar-refractivity contribution in [3.05, 3.63) is 47.7 Å². The van der Waals surface area contributed by atoms with Crippen LogP contribution in [0.25, 0.3) is 0 Å². The summed E-state index contributed by atoms with van der Waals surface area (Å²) in [5.74, 6) is 2.58.